The van der Waals surface area contributed by atoms with Gasteiger partial charge in [-0.05, 0) is 37.6 Å². The molecule has 1 amide bonds. The lowest BCUT2D eigenvalue weighted by molar-refractivity contribution is -0.116. The maximum atomic E-state index is 11.9. The van der Waals surface area contributed by atoms with Gasteiger partial charge in [-0.2, -0.15) is 0 Å². The normalized spacial score (nSPS) is 10.9. The molecule has 0 spiro atoms. The second-order valence-corrected chi connectivity index (χ2v) is 7.31. The third-order valence-corrected chi connectivity index (χ3v) is 4.96. The number of carboxylic acids is 1. The Morgan fingerprint density at radius 1 is 1.32 bits per heavy atom. The highest BCUT2D eigenvalue weighted by Crippen LogP contribution is 2.22. The maximum absolute atomic E-state index is 11.9. The average Bonchev–Trinajstić information content (AvgIpc) is 3.06. The number of aromatic carboxylic acids is 1. The summed E-state index contributed by atoms with van der Waals surface area (Å²) in [6.07, 6.45) is 0.329. The molecule has 0 aliphatic carbocycles. The monoisotopic (exact) mass is 338 g/mol. The molecule has 0 fully saturated rings. The van der Waals surface area contributed by atoms with E-state index in [1.165, 1.54) is 9.75 Å². The van der Waals surface area contributed by atoms with E-state index in [-0.39, 0.29) is 10.8 Å². The average molecular weight is 338 g/mol. The lowest BCUT2D eigenvalue weighted by atomic mass is 10.3. The molecule has 0 aliphatic rings. The molecule has 0 aromatic carbocycles. The van der Waals surface area contributed by atoms with Gasteiger partial charge in [0.05, 0.1) is 5.69 Å². The number of thiophene rings is 2. The van der Waals surface area contributed by atoms with Crippen LogP contribution in [0.2, 0.25) is 0 Å². The summed E-state index contributed by atoms with van der Waals surface area (Å²) in [6, 6.07) is 5.80. The van der Waals surface area contributed by atoms with Crippen molar-refractivity contribution in [2.75, 3.05) is 18.9 Å². The lowest BCUT2D eigenvalue weighted by Gasteiger charge is -2.15. The van der Waals surface area contributed by atoms with Gasteiger partial charge in [0.1, 0.15) is 4.88 Å². The zero-order valence-corrected chi connectivity index (χ0v) is 14.1. The van der Waals surface area contributed by atoms with Gasteiger partial charge >= 0.3 is 5.97 Å². The Morgan fingerprint density at radius 2 is 2.09 bits per heavy atom. The molecule has 0 unspecified atom stereocenters. The summed E-state index contributed by atoms with van der Waals surface area (Å²) < 4.78 is 0. The zero-order valence-electron chi connectivity index (χ0n) is 12.5. The third-order valence-electron chi connectivity index (χ3n) is 3.08. The number of aryl methyl sites for hydroxylation is 1. The zero-order chi connectivity index (χ0) is 16.1. The molecular formula is C15H18N2O3S2. The summed E-state index contributed by atoms with van der Waals surface area (Å²) in [7, 11) is 1.97. The van der Waals surface area contributed by atoms with Crippen LogP contribution in [0.3, 0.4) is 0 Å². The second-order valence-electron chi connectivity index (χ2n) is 5.02. The molecule has 118 valence electrons. The summed E-state index contributed by atoms with van der Waals surface area (Å²) in [5.41, 5.74) is 0.374. The number of nitrogens with zero attached hydrogens (tertiary/aromatic N) is 1. The Labute approximate surface area is 137 Å². The molecule has 0 aliphatic heterocycles. The lowest BCUT2D eigenvalue weighted by Crippen LogP contribution is -2.24. The van der Waals surface area contributed by atoms with E-state index in [2.05, 4.69) is 29.3 Å². The molecule has 0 saturated heterocycles. The van der Waals surface area contributed by atoms with Crippen LogP contribution in [0.5, 0.6) is 0 Å². The van der Waals surface area contributed by atoms with E-state index in [4.69, 9.17) is 5.11 Å². The van der Waals surface area contributed by atoms with E-state index >= 15 is 0 Å². The molecule has 2 aromatic heterocycles. The van der Waals surface area contributed by atoms with Crippen molar-refractivity contribution in [2.24, 2.45) is 0 Å². The number of nitrogens with one attached hydrogen (secondary N) is 1. The fraction of sp³-hybridized carbons (Fsp3) is 0.333. The van der Waals surface area contributed by atoms with Crippen molar-refractivity contribution in [1.82, 2.24) is 4.90 Å². The summed E-state index contributed by atoms with van der Waals surface area (Å²) in [6.45, 7) is 3.50. The Balaban J connectivity index is 1.80. The smallest absolute Gasteiger partial charge is 0.348 e. The van der Waals surface area contributed by atoms with E-state index in [9.17, 15) is 9.59 Å². The first-order valence-corrected chi connectivity index (χ1v) is 8.50. The van der Waals surface area contributed by atoms with Crippen molar-refractivity contribution in [1.29, 1.82) is 0 Å². The van der Waals surface area contributed by atoms with Gasteiger partial charge in [0.2, 0.25) is 5.91 Å². The van der Waals surface area contributed by atoms with Gasteiger partial charge in [0.15, 0.2) is 0 Å². The first kappa shape index (κ1) is 16.7. The minimum absolute atomic E-state index is 0.163. The number of rotatable bonds is 7. The quantitative estimate of drug-likeness (QED) is 0.813. The minimum atomic E-state index is -1.02. The van der Waals surface area contributed by atoms with Gasteiger partial charge in [-0.15, -0.1) is 22.7 Å². The van der Waals surface area contributed by atoms with Crippen molar-refractivity contribution in [3.05, 3.63) is 38.2 Å². The van der Waals surface area contributed by atoms with Crippen LogP contribution >= 0.6 is 22.7 Å². The molecule has 0 atom stereocenters. The summed E-state index contributed by atoms with van der Waals surface area (Å²) in [4.78, 5) is 27.7. The van der Waals surface area contributed by atoms with E-state index in [0.29, 0.717) is 18.7 Å². The molecule has 0 radical (unpaired) electrons. The van der Waals surface area contributed by atoms with Crippen molar-refractivity contribution >= 4 is 40.2 Å². The van der Waals surface area contributed by atoms with Crippen LogP contribution in [0.15, 0.2) is 23.6 Å². The van der Waals surface area contributed by atoms with Crippen molar-refractivity contribution in [3.8, 4) is 0 Å². The van der Waals surface area contributed by atoms with Gasteiger partial charge < -0.3 is 15.3 Å². The fourth-order valence-corrected chi connectivity index (χ4v) is 3.65. The largest absolute Gasteiger partial charge is 0.477 e. The fourth-order valence-electron chi connectivity index (χ4n) is 1.99. The highest BCUT2D eigenvalue weighted by atomic mass is 32.1. The van der Waals surface area contributed by atoms with Crippen LogP contribution in [-0.2, 0) is 11.3 Å². The van der Waals surface area contributed by atoms with Crippen LogP contribution in [-0.4, -0.2) is 35.5 Å². The van der Waals surface area contributed by atoms with E-state index in [1.807, 2.05) is 7.05 Å². The van der Waals surface area contributed by atoms with Crippen LogP contribution in [0.4, 0.5) is 5.69 Å². The minimum Gasteiger partial charge on any atom is -0.477 e. The number of hydrogen-bond donors (Lipinski definition) is 2. The molecular weight excluding hydrogens is 320 g/mol. The molecule has 2 N–H and O–H groups in total. The summed E-state index contributed by atoms with van der Waals surface area (Å²) in [5, 5.41) is 13.3. The first-order chi connectivity index (χ1) is 10.5. The molecule has 0 bridgehead atoms. The van der Waals surface area contributed by atoms with Crippen LogP contribution in [0, 0.1) is 6.92 Å². The molecule has 7 heteroatoms. The van der Waals surface area contributed by atoms with Crippen molar-refractivity contribution in [3.63, 3.8) is 0 Å². The molecule has 2 rings (SSSR count). The first-order valence-electron chi connectivity index (χ1n) is 6.80. The number of carboxylic acid groups (broad SMARTS) is 1. The van der Waals surface area contributed by atoms with Gasteiger partial charge in [0.25, 0.3) is 0 Å². The standard InChI is InChI=1S/C15H18N2O3S2/c1-10-3-4-11(22-10)9-17(2)7-5-13(18)16-12-6-8-21-14(12)15(19)20/h3-4,6,8H,5,7,9H2,1-2H3,(H,16,18)(H,19,20). The number of amides is 1. The Hall–Kier alpha value is -1.70. The summed E-state index contributed by atoms with van der Waals surface area (Å²) in [5.74, 6) is -1.19. The SMILES string of the molecule is Cc1ccc(CN(C)CCC(=O)Nc2ccsc2C(=O)O)s1. The van der Waals surface area contributed by atoms with Gasteiger partial charge in [-0.25, -0.2) is 4.79 Å². The Morgan fingerprint density at radius 3 is 2.73 bits per heavy atom. The van der Waals surface area contributed by atoms with Crippen LogP contribution < -0.4 is 5.32 Å². The molecule has 22 heavy (non-hydrogen) atoms. The highest BCUT2D eigenvalue weighted by molar-refractivity contribution is 7.12. The van der Waals surface area contributed by atoms with Crippen LogP contribution in [0.25, 0.3) is 0 Å². The molecule has 5 nitrogen and oxygen atoms in total. The van der Waals surface area contributed by atoms with Gasteiger partial charge in [-0.1, -0.05) is 0 Å². The Bertz CT molecular complexity index is 663. The number of carbonyl (C=O) groups excluding carboxylic acids is 1. The number of carbonyl (C=O) groups is 2. The molecule has 2 aromatic rings. The predicted octanol–water partition coefficient (Wildman–Crippen LogP) is 3.28. The van der Waals surface area contributed by atoms with Crippen molar-refractivity contribution in [2.45, 2.75) is 19.9 Å². The van der Waals surface area contributed by atoms with E-state index in [0.717, 1.165) is 17.9 Å². The highest BCUT2D eigenvalue weighted by Gasteiger charge is 2.14. The number of anilines is 1. The van der Waals surface area contributed by atoms with Gasteiger partial charge in [0, 0.05) is 29.3 Å². The van der Waals surface area contributed by atoms with Crippen LogP contribution in [0.1, 0.15) is 25.8 Å². The van der Waals surface area contributed by atoms with Gasteiger partial charge in [-0.3, -0.25) is 4.79 Å². The van der Waals surface area contributed by atoms with E-state index < -0.39 is 5.97 Å². The molecule has 2 heterocycles. The maximum Gasteiger partial charge on any atom is 0.348 e. The van der Waals surface area contributed by atoms with E-state index in [1.54, 1.807) is 22.8 Å². The third kappa shape index (κ3) is 4.66. The Kier molecular flexibility index (Phi) is 5.70. The molecule has 0 saturated carbocycles. The predicted molar refractivity (Wildman–Crippen MR) is 89.9 cm³/mol. The van der Waals surface area contributed by atoms with Crippen molar-refractivity contribution < 1.29 is 14.7 Å². The summed E-state index contributed by atoms with van der Waals surface area (Å²) >= 11 is 2.86. The topological polar surface area (TPSA) is 69.6 Å². The number of hydrogen-bond acceptors (Lipinski definition) is 5. The second kappa shape index (κ2) is 7.53.